The molecule has 3 N–H and O–H groups in total. The zero-order valence-electron chi connectivity index (χ0n) is 12.9. The molecule has 23 heavy (non-hydrogen) atoms. The summed E-state index contributed by atoms with van der Waals surface area (Å²) in [7, 11) is 0. The zero-order chi connectivity index (χ0) is 16.8. The van der Waals surface area contributed by atoms with Crippen LogP contribution in [-0.4, -0.2) is 25.2 Å². The van der Waals surface area contributed by atoms with E-state index in [1.807, 2.05) is 30.3 Å². The molecular weight excluding hydrogens is 316 g/mol. The first-order chi connectivity index (χ1) is 11.1. The van der Waals surface area contributed by atoms with E-state index in [0.717, 1.165) is 17.0 Å². The summed E-state index contributed by atoms with van der Waals surface area (Å²) in [6.07, 6.45) is 0. The van der Waals surface area contributed by atoms with Crippen molar-refractivity contribution in [3.05, 3.63) is 40.8 Å². The molecule has 1 heterocycles. The van der Waals surface area contributed by atoms with Crippen molar-refractivity contribution in [1.82, 2.24) is 0 Å². The van der Waals surface area contributed by atoms with Gasteiger partial charge in [-0.1, -0.05) is 18.2 Å². The molecule has 0 saturated carbocycles. The maximum Gasteiger partial charge on any atom is 0.350 e. The molecule has 0 fully saturated rings. The van der Waals surface area contributed by atoms with E-state index in [1.165, 1.54) is 0 Å². The molecular formula is C16H18N2O4S. The van der Waals surface area contributed by atoms with Gasteiger partial charge < -0.3 is 20.5 Å². The summed E-state index contributed by atoms with van der Waals surface area (Å²) < 4.78 is 10.0. The first-order valence-electron chi connectivity index (χ1n) is 7.17. The van der Waals surface area contributed by atoms with E-state index < -0.39 is 11.9 Å². The summed E-state index contributed by atoms with van der Waals surface area (Å²) >= 11 is 1.07. The Kier molecular flexibility index (Phi) is 5.59. The number of benzene rings is 1. The van der Waals surface area contributed by atoms with Crippen LogP contribution in [0.4, 0.5) is 16.4 Å². The molecule has 0 atom stereocenters. The average Bonchev–Trinajstić information content (AvgIpc) is 2.85. The first-order valence-corrected chi connectivity index (χ1v) is 7.98. The Labute approximate surface area is 138 Å². The molecule has 122 valence electrons. The average molecular weight is 334 g/mol. The Balaban J connectivity index is 2.43. The minimum atomic E-state index is -0.574. The second-order valence-corrected chi connectivity index (χ2v) is 5.50. The lowest BCUT2D eigenvalue weighted by Crippen LogP contribution is -2.10. The van der Waals surface area contributed by atoms with Crippen LogP contribution in [0.5, 0.6) is 0 Å². The zero-order valence-corrected chi connectivity index (χ0v) is 13.7. The molecule has 0 aliphatic rings. The van der Waals surface area contributed by atoms with Gasteiger partial charge in [0.25, 0.3) is 0 Å². The molecule has 0 spiro atoms. The van der Waals surface area contributed by atoms with Crippen LogP contribution in [0.3, 0.4) is 0 Å². The van der Waals surface area contributed by atoms with Gasteiger partial charge in [0.05, 0.1) is 18.9 Å². The van der Waals surface area contributed by atoms with E-state index in [0.29, 0.717) is 5.00 Å². The van der Waals surface area contributed by atoms with E-state index in [4.69, 9.17) is 15.2 Å². The van der Waals surface area contributed by atoms with Gasteiger partial charge in [-0.25, -0.2) is 9.59 Å². The Morgan fingerprint density at radius 3 is 2.30 bits per heavy atom. The van der Waals surface area contributed by atoms with Gasteiger partial charge in [-0.15, -0.1) is 11.3 Å². The van der Waals surface area contributed by atoms with Gasteiger partial charge in [-0.05, 0) is 26.0 Å². The monoisotopic (exact) mass is 334 g/mol. The standard InChI is InChI=1S/C16H18N2O4S/c1-3-21-15(19)11-12(17)13(16(20)22-4-2)23-14(11)18-10-8-6-5-7-9-10/h5-9,18H,3-4,17H2,1-2H3. The smallest absolute Gasteiger partial charge is 0.350 e. The quantitative estimate of drug-likeness (QED) is 0.787. The van der Waals surface area contributed by atoms with Crippen LogP contribution in [0.15, 0.2) is 30.3 Å². The molecule has 6 nitrogen and oxygen atoms in total. The van der Waals surface area contributed by atoms with Gasteiger partial charge in [-0.2, -0.15) is 0 Å². The van der Waals surface area contributed by atoms with Crippen molar-refractivity contribution in [2.45, 2.75) is 13.8 Å². The number of thiophene rings is 1. The number of anilines is 3. The highest BCUT2D eigenvalue weighted by atomic mass is 32.1. The number of hydrogen-bond acceptors (Lipinski definition) is 7. The van der Waals surface area contributed by atoms with E-state index in [1.54, 1.807) is 13.8 Å². The minimum absolute atomic E-state index is 0.0744. The van der Waals surface area contributed by atoms with Crippen LogP contribution in [0.2, 0.25) is 0 Å². The fraction of sp³-hybridized carbons (Fsp3) is 0.250. The van der Waals surface area contributed by atoms with E-state index >= 15 is 0 Å². The van der Waals surface area contributed by atoms with Crippen molar-refractivity contribution < 1.29 is 19.1 Å². The number of carbonyl (C=O) groups excluding carboxylic acids is 2. The largest absolute Gasteiger partial charge is 0.462 e. The second kappa shape index (κ2) is 7.64. The molecule has 1 aromatic carbocycles. The Morgan fingerprint density at radius 1 is 1.09 bits per heavy atom. The molecule has 0 bridgehead atoms. The number of nitrogens with two attached hydrogens (primary N) is 1. The van der Waals surface area contributed by atoms with Gasteiger partial charge in [-0.3, -0.25) is 0 Å². The molecule has 1 aromatic heterocycles. The second-order valence-electron chi connectivity index (χ2n) is 4.48. The third-order valence-corrected chi connectivity index (χ3v) is 4.02. The summed E-state index contributed by atoms with van der Waals surface area (Å²) in [4.78, 5) is 24.4. The fourth-order valence-electron chi connectivity index (χ4n) is 1.94. The number of nitrogens with one attached hydrogen (secondary N) is 1. The normalized spacial score (nSPS) is 10.2. The number of nitrogen functional groups attached to an aromatic ring is 1. The van der Waals surface area contributed by atoms with Crippen molar-refractivity contribution >= 4 is 39.7 Å². The Morgan fingerprint density at radius 2 is 1.70 bits per heavy atom. The summed E-state index contributed by atoms with van der Waals surface area (Å²) in [5.41, 5.74) is 6.99. The number of para-hydroxylation sites is 1. The topological polar surface area (TPSA) is 90.6 Å². The fourth-order valence-corrected chi connectivity index (χ4v) is 2.96. The highest BCUT2D eigenvalue weighted by molar-refractivity contribution is 7.19. The van der Waals surface area contributed by atoms with Crippen molar-refractivity contribution in [2.24, 2.45) is 0 Å². The predicted molar refractivity (Wildman–Crippen MR) is 90.4 cm³/mol. The number of esters is 2. The lowest BCUT2D eigenvalue weighted by molar-refractivity contribution is 0.0528. The van der Waals surface area contributed by atoms with Gasteiger partial charge in [0.1, 0.15) is 15.4 Å². The Bertz CT molecular complexity index is 698. The maximum atomic E-state index is 12.2. The number of ether oxygens (including phenoxy) is 2. The third kappa shape index (κ3) is 3.81. The highest BCUT2D eigenvalue weighted by Gasteiger charge is 2.27. The summed E-state index contributed by atoms with van der Waals surface area (Å²) in [5.74, 6) is -1.13. The molecule has 0 saturated heterocycles. The first kappa shape index (κ1) is 16.8. The third-order valence-electron chi connectivity index (χ3n) is 2.92. The molecule has 7 heteroatoms. The summed E-state index contributed by atoms with van der Waals surface area (Å²) in [6, 6.07) is 9.28. The van der Waals surface area contributed by atoms with Gasteiger partial charge in [0.15, 0.2) is 0 Å². The lowest BCUT2D eigenvalue weighted by Gasteiger charge is -2.07. The summed E-state index contributed by atoms with van der Waals surface area (Å²) in [6.45, 7) is 3.86. The predicted octanol–water partition coefficient (Wildman–Crippen LogP) is 3.43. The van der Waals surface area contributed by atoms with Crippen LogP contribution >= 0.6 is 11.3 Å². The maximum absolute atomic E-state index is 12.2. The van der Waals surface area contributed by atoms with Crippen molar-refractivity contribution in [3.63, 3.8) is 0 Å². The van der Waals surface area contributed by atoms with Crippen LogP contribution in [0.25, 0.3) is 0 Å². The molecule has 0 aliphatic heterocycles. The highest BCUT2D eigenvalue weighted by Crippen LogP contribution is 2.38. The van der Waals surface area contributed by atoms with E-state index in [9.17, 15) is 9.59 Å². The molecule has 0 aliphatic carbocycles. The molecule has 0 radical (unpaired) electrons. The Hall–Kier alpha value is -2.54. The van der Waals surface area contributed by atoms with Crippen LogP contribution in [-0.2, 0) is 9.47 Å². The van der Waals surface area contributed by atoms with E-state index in [-0.39, 0.29) is 29.3 Å². The van der Waals surface area contributed by atoms with Crippen LogP contribution in [0, 0.1) is 0 Å². The van der Waals surface area contributed by atoms with Crippen LogP contribution < -0.4 is 11.1 Å². The van der Waals surface area contributed by atoms with Crippen molar-refractivity contribution in [3.8, 4) is 0 Å². The lowest BCUT2D eigenvalue weighted by atomic mass is 10.2. The molecule has 2 aromatic rings. The minimum Gasteiger partial charge on any atom is -0.462 e. The van der Waals surface area contributed by atoms with Crippen molar-refractivity contribution in [2.75, 3.05) is 24.3 Å². The van der Waals surface area contributed by atoms with Gasteiger partial charge in [0, 0.05) is 5.69 Å². The van der Waals surface area contributed by atoms with Crippen LogP contribution in [0.1, 0.15) is 33.9 Å². The number of carbonyl (C=O) groups is 2. The van der Waals surface area contributed by atoms with Gasteiger partial charge in [0.2, 0.25) is 0 Å². The molecule has 2 rings (SSSR count). The van der Waals surface area contributed by atoms with E-state index in [2.05, 4.69) is 5.32 Å². The summed E-state index contributed by atoms with van der Waals surface area (Å²) in [5, 5.41) is 3.55. The number of hydrogen-bond donors (Lipinski definition) is 2. The SMILES string of the molecule is CCOC(=O)c1sc(Nc2ccccc2)c(C(=O)OCC)c1N. The van der Waals surface area contributed by atoms with Gasteiger partial charge >= 0.3 is 11.9 Å². The van der Waals surface area contributed by atoms with Crippen molar-refractivity contribution in [1.29, 1.82) is 0 Å². The molecule has 0 unspecified atom stereocenters. The molecule has 0 amide bonds. The number of rotatable bonds is 6.